The number of carboxylic acid groups (broad SMARTS) is 1. The van der Waals surface area contributed by atoms with Crippen molar-refractivity contribution in [3.05, 3.63) is 23.5 Å². The zero-order chi connectivity index (χ0) is 13.1. The standard InChI is InChI=1S/C12H14FNO4/c13-8-3-2-7(9(14)6-10(15)16)11-12(8)18-5-1-4-17-11/h2-3,9H,1,4-6,14H2,(H,15,16). The van der Waals surface area contributed by atoms with Gasteiger partial charge < -0.3 is 20.3 Å². The molecule has 1 aromatic carbocycles. The minimum absolute atomic E-state index is 0.0193. The molecule has 0 fully saturated rings. The van der Waals surface area contributed by atoms with Crippen LogP contribution in [0.15, 0.2) is 12.1 Å². The molecule has 6 heteroatoms. The molecule has 0 amide bonds. The fourth-order valence-corrected chi connectivity index (χ4v) is 1.83. The van der Waals surface area contributed by atoms with Gasteiger partial charge in [0, 0.05) is 18.0 Å². The number of rotatable bonds is 3. The summed E-state index contributed by atoms with van der Waals surface area (Å²) in [5, 5.41) is 8.73. The third kappa shape index (κ3) is 2.53. The second-order valence-electron chi connectivity index (χ2n) is 4.05. The van der Waals surface area contributed by atoms with Gasteiger partial charge in [-0.1, -0.05) is 6.07 Å². The molecule has 0 spiro atoms. The van der Waals surface area contributed by atoms with Gasteiger partial charge in [0.15, 0.2) is 17.3 Å². The highest BCUT2D eigenvalue weighted by Gasteiger charge is 2.23. The van der Waals surface area contributed by atoms with E-state index in [9.17, 15) is 9.18 Å². The lowest BCUT2D eigenvalue weighted by Crippen LogP contribution is -2.16. The van der Waals surface area contributed by atoms with E-state index in [1.165, 1.54) is 12.1 Å². The normalized spacial score (nSPS) is 15.9. The van der Waals surface area contributed by atoms with E-state index in [4.69, 9.17) is 20.3 Å². The maximum Gasteiger partial charge on any atom is 0.305 e. The molecule has 0 aromatic heterocycles. The lowest BCUT2D eigenvalue weighted by atomic mass is 10.0. The molecule has 18 heavy (non-hydrogen) atoms. The van der Waals surface area contributed by atoms with E-state index in [0.29, 0.717) is 25.2 Å². The summed E-state index contributed by atoms with van der Waals surface area (Å²) in [6.07, 6.45) is 0.392. The first-order chi connectivity index (χ1) is 8.59. The number of ether oxygens (including phenoxy) is 2. The number of hydrogen-bond acceptors (Lipinski definition) is 4. The Hall–Kier alpha value is -1.82. The fourth-order valence-electron chi connectivity index (χ4n) is 1.83. The van der Waals surface area contributed by atoms with Crippen molar-refractivity contribution < 1.29 is 23.8 Å². The Morgan fingerprint density at radius 3 is 2.72 bits per heavy atom. The van der Waals surface area contributed by atoms with Gasteiger partial charge in [-0.2, -0.15) is 0 Å². The molecule has 98 valence electrons. The van der Waals surface area contributed by atoms with E-state index in [0.717, 1.165) is 0 Å². The number of carbonyl (C=O) groups is 1. The summed E-state index contributed by atoms with van der Waals surface area (Å²) in [4.78, 5) is 10.7. The van der Waals surface area contributed by atoms with Gasteiger partial charge in [-0.05, 0) is 6.07 Å². The molecular formula is C12H14FNO4. The number of aliphatic carboxylic acids is 1. The SMILES string of the molecule is NC(CC(=O)O)c1ccc(F)c2c1OCCCO2. The molecule has 1 heterocycles. The number of nitrogens with two attached hydrogens (primary N) is 1. The van der Waals surface area contributed by atoms with Crippen LogP contribution in [0.1, 0.15) is 24.4 Å². The molecule has 0 bridgehead atoms. The molecule has 1 atom stereocenters. The zero-order valence-corrected chi connectivity index (χ0v) is 9.69. The Morgan fingerprint density at radius 2 is 2.06 bits per heavy atom. The maximum absolute atomic E-state index is 13.6. The van der Waals surface area contributed by atoms with Crippen LogP contribution < -0.4 is 15.2 Å². The average Bonchev–Trinajstić information content (AvgIpc) is 2.54. The summed E-state index contributed by atoms with van der Waals surface area (Å²) in [5.74, 6) is -1.31. The van der Waals surface area contributed by atoms with Crippen molar-refractivity contribution in [2.75, 3.05) is 13.2 Å². The van der Waals surface area contributed by atoms with Gasteiger partial charge in [-0.3, -0.25) is 4.79 Å². The highest BCUT2D eigenvalue weighted by atomic mass is 19.1. The molecule has 1 aliphatic rings. The maximum atomic E-state index is 13.6. The summed E-state index contributed by atoms with van der Waals surface area (Å²) in [5.41, 5.74) is 6.24. The minimum atomic E-state index is -1.02. The molecule has 1 aromatic rings. The summed E-state index contributed by atoms with van der Waals surface area (Å²) in [7, 11) is 0. The average molecular weight is 255 g/mol. The van der Waals surface area contributed by atoms with Crippen LogP contribution in [0.25, 0.3) is 0 Å². The van der Waals surface area contributed by atoms with E-state index in [1.54, 1.807) is 0 Å². The van der Waals surface area contributed by atoms with E-state index in [1.807, 2.05) is 0 Å². The van der Waals surface area contributed by atoms with Crippen molar-refractivity contribution in [2.24, 2.45) is 5.73 Å². The van der Waals surface area contributed by atoms with Gasteiger partial charge in [0.05, 0.1) is 19.6 Å². The second kappa shape index (κ2) is 5.22. The van der Waals surface area contributed by atoms with Crippen LogP contribution in [0.3, 0.4) is 0 Å². The number of fused-ring (bicyclic) bond motifs is 1. The number of carboxylic acids is 1. The number of halogens is 1. The summed E-state index contributed by atoms with van der Waals surface area (Å²) < 4.78 is 24.3. The molecule has 0 aliphatic carbocycles. The molecule has 1 unspecified atom stereocenters. The molecule has 3 N–H and O–H groups in total. The van der Waals surface area contributed by atoms with Crippen molar-refractivity contribution in [1.29, 1.82) is 0 Å². The fraction of sp³-hybridized carbons (Fsp3) is 0.417. The molecule has 0 saturated carbocycles. The Morgan fingerprint density at radius 1 is 1.39 bits per heavy atom. The number of benzene rings is 1. The van der Waals surface area contributed by atoms with Crippen molar-refractivity contribution in [3.63, 3.8) is 0 Å². The van der Waals surface area contributed by atoms with Crippen molar-refractivity contribution >= 4 is 5.97 Å². The van der Waals surface area contributed by atoms with Gasteiger partial charge in [-0.25, -0.2) is 4.39 Å². The molecule has 1 aliphatic heterocycles. The van der Waals surface area contributed by atoms with Gasteiger partial charge in [0.2, 0.25) is 0 Å². The predicted molar refractivity (Wildman–Crippen MR) is 61.2 cm³/mol. The smallest absolute Gasteiger partial charge is 0.305 e. The van der Waals surface area contributed by atoms with Gasteiger partial charge in [0.1, 0.15) is 0 Å². The largest absolute Gasteiger partial charge is 0.489 e. The van der Waals surface area contributed by atoms with E-state index < -0.39 is 17.8 Å². The Balaban J connectivity index is 2.39. The van der Waals surface area contributed by atoms with Gasteiger partial charge in [-0.15, -0.1) is 0 Å². The third-order valence-electron chi connectivity index (χ3n) is 2.67. The van der Waals surface area contributed by atoms with Crippen molar-refractivity contribution in [2.45, 2.75) is 18.9 Å². The highest BCUT2D eigenvalue weighted by molar-refractivity contribution is 5.68. The molecule has 2 rings (SSSR count). The third-order valence-corrected chi connectivity index (χ3v) is 2.67. The summed E-state index contributed by atoms with van der Waals surface area (Å²) in [6.45, 7) is 0.755. The first kappa shape index (κ1) is 12.6. The van der Waals surface area contributed by atoms with Crippen LogP contribution in [-0.2, 0) is 4.79 Å². The highest BCUT2D eigenvalue weighted by Crippen LogP contribution is 2.38. The van der Waals surface area contributed by atoms with Gasteiger partial charge in [0.25, 0.3) is 0 Å². The topological polar surface area (TPSA) is 81.8 Å². The summed E-state index contributed by atoms with van der Waals surface area (Å²) in [6, 6.07) is 1.90. The lowest BCUT2D eigenvalue weighted by molar-refractivity contribution is -0.137. The van der Waals surface area contributed by atoms with Crippen LogP contribution in [0.4, 0.5) is 4.39 Å². The first-order valence-corrected chi connectivity index (χ1v) is 5.65. The Labute approximate surface area is 103 Å². The van der Waals surface area contributed by atoms with E-state index in [2.05, 4.69) is 0 Å². The van der Waals surface area contributed by atoms with E-state index >= 15 is 0 Å². The monoisotopic (exact) mass is 255 g/mol. The first-order valence-electron chi connectivity index (χ1n) is 5.65. The molecular weight excluding hydrogens is 241 g/mol. The van der Waals surface area contributed by atoms with Crippen LogP contribution in [0.5, 0.6) is 11.5 Å². The van der Waals surface area contributed by atoms with Crippen LogP contribution in [0, 0.1) is 5.82 Å². The quantitative estimate of drug-likeness (QED) is 0.854. The van der Waals surface area contributed by atoms with Crippen molar-refractivity contribution in [1.82, 2.24) is 0 Å². The zero-order valence-electron chi connectivity index (χ0n) is 9.69. The van der Waals surface area contributed by atoms with Crippen molar-refractivity contribution in [3.8, 4) is 11.5 Å². The Kier molecular flexibility index (Phi) is 3.66. The number of hydrogen-bond donors (Lipinski definition) is 2. The Bertz CT molecular complexity index is 464. The van der Waals surface area contributed by atoms with Crippen LogP contribution in [-0.4, -0.2) is 24.3 Å². The second-order valence-corrected chi connectivity index (χ2v) is 4.05. The van der Waals surface area contributed by atoms with Crippen LogP contribution >= 0.6 is 0 Å². The van der Waals surface area contributed by atoms with E-state index in [-0.39, 0.29) is 17.9 Å². The predicted octanol–water partition coefficient (Wildman–Crippen LogP) is 1.46. The molecule has 5 nitrogen and oxygen atoms in total. The minimum Gasteiger partial charge on any atom is -0.489 e. The molecule has 0 radical (unpaired) electrons. The summed E-state index contributed by atoms with van der Waals surface area (Å²) >= 11 is 0. The van der Waals surface area contributed by atoms with Crippen LogP contribution in [0.2, 0.25) is 0 Å². The van der Waals surface area contributed by atoms with Gasteiger partial charge >= 0.3 is 5.97 Å². The lowest BCUT2D eigenvalue weighted by Gasteiger charge is -2.16. The molecule has 0 saturated heterocycles.